The first-order chi connectivity index (χ1) is 27.6. The third-order valence-corrected chi connectivity index (χ3v) is 11.3. The van der Waals surface area contributed by atoms with Crippen LogP contribution in [0.2, 0.25) is 0 Å². The number of nitriles is 1. The molecule has 4 heterocycles. The highest BCUT2D eigenvalue weighted by molar-refractivity contribution is 6.26. The van der Waals surface area contributed by atoms with Gasteiger partial charge in [-0.25, -0.2) is 8.78 Å². The number of nitrogens with zero attached hydrogens (tertiary/aromatic N) is 3. The number of halogens is 2. The van der Waals surface area contributed by atoms with Crippen molar-refractivity contribution in [1.82, 2.24) is 9.13 Å². The number of hydrogen-bond acceptors (Lipinski definition) is 3. The fourth-order valence-electron chi connectivity index (χ4n) is 9.06. The van der Waals surface area contributed by atoms with E-state index in [-0.39, 0.29) is 0 Å². The first-order valence-electron chi connectivity index (χ1n) is 18.3. The molecule has 0 fully saturated rings. The average Bonchev–Trinajstić information content (AvgIpc) is 3.97. The van der Waals surface area contributed by atoms with E-state index >= 15 is 8.78 Å². The van der Waals surface area contributed by atoms with Gasteiger partial charge in [-0.1, -0.05) is 78.9 Å². The maximum atomic E-state index is 15.2. The van der Waals surface area contributed by atoms with Gasteiger partial charge in [0.05, 0.1) is 44.2 Å². The fraction of sp³-hybridized carbons (Fsp3) is 0. The van der Waals surface area contributed by atoms with Crippen molar-refractivity contribution in [1.29, 1.82) is 5.26 Å². The molecule has 0 radical (unpaired) electrons. The van der Waals surface area contributed by atoms with Crippen LogP contribution < -0.4 is 0 Å². The van der Waals surface area contributed by atoms with Gasteiger partial charge in [-0.15, -0.1) is 0 Å². The van der Waals surface area contributed by atoms with E-state index in [0.29, 0.717) is 33.6 Å². The molecule has 262 valence electrons. The summed E-state index contributed by atoms with van der Waals surface area (Å²) in [5.41, 5.74) is 8.60. The standard InChI is InChI=1S/C49H25F2N3O2/c50-28-23-27(24-29(51)25-28)30-17-20-40(53-38-13-5-1-9-31(38)33-18-21-43-45(48(33)53)35-11-3-7-15-41(35)55-43)37(26-52)47(30)54-39-14-6-2-10-32(39)34-19-22-44-46(49(34)54)36-12-4-8-16-42(36)56-44/h1-25H. The average molecular weight is 726 g/mol. The van der Waals surface area contributed by atoms with Gasteiger partial charge in [-0.05, 0) is 72.3 Å². The molecule has 0 atom stereocenters. The summed E-state index contributed by atoms with van der Waals surface area (Å²) < 4.78 is 47.4. The number of para-hydroxylation sites is 4. The highest BCUT2D eigenvalue weighted by Gasteiger charge is 2.27. The summed E-state index contributed by atoms with van der Waals surface area (Å²) >= 11 is 0. The molecule has 0 aliphatic carbocycles. The van der Waals surface area contributed by atoms with Gasteiger partial charge >= 0.3 is 0 Å². The molecule has 7 heteroatoms. The van der Waals surface area contributed by atoms with Crippen molar-refractivity contribution in [3.05, 3.63) is 169 Å². The summed E-state index contributed by atoms with van der Waals surface area (Å²) in [7, 11) is 0. The third kappa shape index (κ3) is 4.05. The minimum absolute atomic E-state index is 0.307. The van der Waals surface area contributed by atoms with Gasteiger partial charge in [0.25, 0.3) is 0 Å². The van der Waals surface area contributed by atoms with Crippen LogP contribution in [0, 0.1) is 23.0 Å². The minimum atomic E-state index is -0.712. The number of hydrogen-bond donors (Lipinski definition) is 0. The van der Waals surface area contributed by atoms with Gasteiger partial charge in [0.2, 0.25) is 0 Å². The highest BCUT2D eigenvalue weighted by Crippen LogP contribution is 2.46. The smallest absolute Gasteiger partial charge is 0.137 e. The first kappa shape index (κ1) is 30.7. The molecule has 0 aliphatic rings. The van der Waals surface area contributed by atoms with Crippen molar-refractivity contribution < 1.29 is 17.6 Å². The lowest BCUT2D eigenvalue weighted by molar-refractivity contribution is 0.584. The Labute approximate surface area is 316 Å². The van der Waals surface area contributed by atoms with Crippen LogP contribution in [0.15, 0.2) is 160 Å². The van der Waals surface area contributed by atoms with Crippen LogP contribution in [-0.2, 0) is 0 Å². The van der Waals surface area contributed by atoms with Crippen LogP contribution in [0.4, 0.5) is 8.78 Å². The van der Waals surface area contributed by atoms with Gasteiger partial charge in [-0.3, -0.25) is 0 Å². The highest BCUT2D eigenvalue weighted by atomic mass is 19.1. The Morgan fingerprint density at radius 1 is 0.464 bits per heavy atom. The molecule has 8 aromatic carbocycles. The summed E-state index contributed by atoms with van der Waals surface area (Å²) in [4.78, 5) is 0. The number of aromatic nitrogens is 2. The van der Waals surface area contributed by atoms with E-state index in [1.54, 1.807) is 0 Å². The van der Waals surface area contributed by atoms with Crippen molar-refractivity contribution in [2.24, 2.45) is 0 Å². The van der Waals surface area contributed by atoms with E-state index in [1.165, 1.54) is 12.1 Å². The lowest BCUT2D eigenvalue weighted by Gasteiger charge is -2.20. The van der Waals surface area contributed by atoms with E-state index in [0.717, 1.165) is 88.0 Å². The molecular formula is C49H25F2N3O2. The Bertz CT molecular complexity index is 3690. The zero-order chi connectivity index (χ0) is 37.2. The summed E-state index contributed by atoms with van der Waals surface area (Å²) in [5.74, 6) is -1.42. The SMILES string of the molecule is N#Cc1c(-n2c3ccccc3c3ccc4oc5ccccc5c4c32)ccc(-c2cc(F)cc(F)c2)c1-n1c2ccccc2c2ccc3oc4ccccc4c3c21. The maximum Gasteiger partial charge on any atom is 0.137 e. The molecule has 0 spiro atoms. The van der Waals surface area contributed by atoms with E-state index in [2.05, 4.69) is 45.5 Å². The van der Waals surface area contributed by atoms with Gasteiger partial charge in [0, 0.05) is 43.9 Å². The van der Waals surface area contributed by atoms with Crippen LogP contribution in [0.1, 0.15) is 5.56 Å². The van der Waals surface area contributed by atoms with Crippen LogP contribution in [0.3, 0.4) is 0 Å². The molecule has 0 aliphatic heterocycles. The van der Waals surface area contributed by atoms with Crippen molar-refractivity contribution in [2.75, 3.05) is 0 Å². The lowest BCUT2D eigenvalue weighted by atomic mass is 9.97. The molecule has 0 unspecified atom stereocenters. The number of fused-ring (bicyclic) bond motifs is 14. The van der Waals surface area contributed by atoms with Gasteiger partial charge in [0.1, 0.15) is 45.6 Å². The largest absolute Gasteiger partial charge is 0.456 e. The molecule has 56 heavy (non-hydrogen) atoms. The van der Waals surface area contributed by atoms with Gasteiger partial charge in [0.15, 0.2) is 0 Å². The molecule has 0 amide bonds. The van der Waals surface area contributed by atoms with Crippen molar-refractivity contribution in [2.45, 2.75) is 0 Å². The van der Waals surface area contributed by atoms with Gasteiger partial charge in [-0.2, -0.15) is 5.26 Å². The van der Waals surface area contributed by atoms with Crippen LogP contribution in [-0.4, -0.2) is 9.13 Å². The Hall–Kier alpha value is -7.69. The monoisotopic (exact) mass is 725 g/mol. The predicted molar refractivity (Wildman–Crippen MR) is 220 cm³/mol. The molecule has 5 nitrogen and oxygen atoms in total. The van der Waals surface area contributed by atoms with E-state index in [9.17, 15) is 5.26 Å². The topological polar surface area (TPSA) is 59.9 Å². The Balaban J connectivity index is 1.32. The lowest BCUT2D eigenvalue weighted by Crippen LogP contribution is -2.07. The van der Waals surface area contributed by atoms with Crippen molar-refractivity contribution in [3.63, 3.8) is 0 Å². The number of rotatable bonds is 3. The second-order valence-corrected chi connectivity index (χ2v) is 14.2. The molecule has 0 N–H and O–H groups in total. The molecule has 0 saturated carbocycles. The number of benzene rings is 8. The zero-order valence-electron chi connectivity index (χ0n) is 29.3. The van der Waals surface area contributed by atoms with Crippen LogP contribution in [0.5, 0.6) is 0 Å². The molecule has 12 rings (SSSR count). The molecule has 0 bridgehead atoms. The summed E-state index contributed by atoms with van der Waals surface area (Å²) in [6, 6.07) is 50.1. The first-order valence-corrected chi connectivity index (χ1v) is 18.3. The zero-order valence-corrected chi connectivity index (χ0v) is 29.3. The van der Waals surface area contributed by atoms with Crippen LogP contribution >= 0.6 is 0 Å². The minimum Gasteiger partial charge on any atom is -0.456 e. The number of furan rings is 2. The predicted octanol–water partition coefficient (Wildman–Crippen LogP) is 13.5. The second-order valence-electron chi connectivity index (χ2n) is 14.2. The van der Waals surface area contributed by atoms with Crippen molar-refractivity contribution in [3.8, 4) is 28.6 Å². The molecule has 4 aromatic heterocycles. The fourth-order valence-corrected chi connectivity index (χ4v) is 9.06. The van der Waals surface area contributed by atoms with Crippen LogP contribution in [0.25, 0.3) is 110 Å². The Morgan fingerprint density at radius 2 is 0.964 bits per heavy atom. The Kier molecular flexibility index (Phi) is 6.13. The van der Waals surface area contributed by atoms with Crippen molar-refractivity contribution >= 4 is 87.5 Å². The van der Waals surface area contributed by atoms with E-state index in [1.807, 2.05) is 103 Å². The normalized spacial score (nSPS) is 12.1. The maximum absolute atomic E-state index is 15.2. The summed E-state index contributed by atoms with van der Waals surface area (Å²) in [5, 5.41) is 19.2. The summed E-state index contributed by atoms with van der Waals surface area (Å²) in [6.07, 6.45) is 0. The Morgan fingerprint density at radius 3 is 1.54 bits per heavy atom. The summed E-state index contributed by atoms with van der Waals surface area (Å²) in [6.45, 7) is 0. The van der Waals surface area contributed by atoms with E-state index in [4.69, 9.17) is 8.83 Å². The van der Waals surface area contributed by atoms with E-state index < -0.39 is 11.6 Å². The molecule has 0 saturated heterocycles. The molecule has 12 aromatic rings. The quantitative estimate of drug-likeness (QED) is 0.182. The third-order valence-electron chi connectivity index (χ3n) is 11.3. The second kappa shape index (κ2) is 11.2. The van der Waals surface area contributed by atoms with Gasteiger partial charge < -0.3 is 18.0 Å². The molecular weight excluding hydrogens is 701 g/mol.